The normalized spacial score (nSPS) is 19.2. The summed E-state index contributed by atoms with van der Waals surface area (Å²) < 4.78 is 10.8. The van der Waals surface area contributed by atoms with Gasteiger partial charge in [0.1, 0.15) is 11.9 Å². The van der Waals surface area contributed by atoms with E-state index >= 15 is 0 Å². The highest BCUT2D eigenvalue weighted by Crippen LogP contribution is 2.19. The quantitative estimate of drug-likeness (QED) is 0.866. The monoisotopic (exact) mass is 321 g/mol. The maximum atomic E-state index is 12.4. The molecule has 0 aliphatic carbocycles. The Labute approximate surface area is 136 Å². The van der Waals surface area contributed by atoms with Gasteiger partial charge in [0.2, 0.25) is 0 Å². The SMILES string of the molecule is COc1cccc(CO[C@H](C)C(=O)N2CCC[C@H](C(=O)O)C2)c1. The van der Waals surface area contributed by atoms with Gasteiger partial charge in [-0.1, -0.05) is 12.1 Å². The number of hydrogen-bond donors (Lipinski definition) is 1. The first-order valence-electron chi connectivity index (χ1n) is 7.77. The summed E-state index contributed by atoms with van der Waals surface area (Å²) in [5.41, 5.74) is 0.922. The molecule has 126 valence electrons. The zero-order valence-electron chi connectivity index (χ0n) is 13.5. The topological polar surface area (TPSA) is 76.1 Å². The van der Waals surface area contributed by atoms with Gasteiger partial charge in [-0.2, -0.15) is 0 Å². The average molecular weight is 321 g/mol. The van der Waals surface area contributed by atoms with Crippen LogP contribution in [0.25, 0.3) is 0 Å². The van der Waals surface area contributed by atoms with E-state index in [0.717, 1.165) is 11.3 Å². The molecule has 1 saturated heterocycles. The third-order valence-corrected chi connectivity index (χ3v) is 4.06. The van der Waals surface area contributed by atoms with Gasteiger partial charge < -0.3 is 19.5 Å². The first-order chi connectivity index (χ1) is 11.0. The summed E-state index contributed by atoms with van der Waals surface area (Å²) in [6, 6.07) is 7.48. The highest BCUT2D eigenvalue weighted by Gasteiger charge is 2.30. The predicted molar refractivity (Wildman–Crippen MR) is 84.2 cm³/mol. The first-order valence-corrected chi connectivity index (χ1v) is 7.77. The van der Waals surface area contributed by atoms with Crippen molar-refractivity contribution in [2.75, 3.05) is 20.2 Å². The second-order valence-electron chi connectivity index (χ2n) is 5.77. The van der Waals surface area contributed by atoms with Crippen LogP contribution in [0.15, 0.2) is 24.3 Å². The molecule has 1 amide bonds. The smallest absolute Gasteiger partial charge is 0.308 e. The number of carbonyl (C=O) groups is 2. The largest absolute Gasteiger partial charge is 0.497 e. The number of amides is 1. The molecule has 0 saturated carbocycles. The molecule has 0 aromatic heterocycles. The van der Waals surface area contributed by atoms with E-state index in [1.54, 1.807) is 18.9 Å². The van der Waals surface area contributed by atoms with E-state index in [1.165, 1.54) is 0 Å². The summed E-state index contributed by atoms with van der Waals surface area (Å²) in [4.78, 5) is 25.1. The maximum absolute atomic E-state index is 12.4. The zero-order valence-corrected chi connectivity index (χ0v) is 13.5. The van der Waals surface area contributed by atoms with E-state index < -0.39 is 18.0 Å². The molecule has 1 heterocycles. The molecule has 1 aromatic rings. The molecule has 1 N–H and O–H groups in total. The number of methoxy groups -OCH3 is 1. The molecule has 6 nitrogen and oxygen atoms in total. The number of ether oxygens (including phenoxy) is 2. The Bertz CT molecular complexity index is 560. The molecular weight excluding hydrogens is 298 g/mol. The van der Waals surface area contributed by atoms with Crippen LogP contribution in [0.5, 0.6) is 5.75 Å². The highest BCUT2D eigenvalue weighted by atomic mass is 16.5. The van der Waals surface area contributed by atoms with E-state index in [-0.39, 0.29) is 12.5 Å². The molecule has 2 rings (SSSR count). The van der Waals surface area contributed by atoms with Crippen LogP contribution in [0.3, 0.4) is 0 Å². The molecule has 0 spiro atoms. The van der Waals surface area contributed by atoms with Crippen molar-refractivity contribution in [3.05, 3.63) is 29.8 Å². The second kappa shape index (κ2) is 7.97. The summed E-state index contributed by atoms with van der Waals surface area (Å²) in [5, 5.41) is 9.10. The minimum Gasteiger partial charge on any atom is -0.497 e. The summed E-state index contributed by atoms with van der Waals surface area (Å²) >= 11 is 0. The molecule has 2 atom stereocenters. The summed E-state index contributed by atoms with van der Waals surface area (Å²) in [6.45, 7) is 2.86. The third-order valence-electron chi connectivity index (χ3n) is 4.06. The van der Waals surface area contributed by atoms with Gasteiger partial charge in [0.05, 0.1) is 19.6 Å². The first kappa shape index (κ1) is 17.3. The summed E-state index contributed by atoms with van der Waals surface area (Å²) in [6.07, 6.45) is 0.734. The van der Waals surface area contributed by atoms with Gasteiger partial charge in [0.15, 0.2) is 0 Å². The average Bonchev–Trinajstić information content (AvgIpc) is 2.59. The Morgan fingerprint density at radius 2 is 2.22 bits per heavy atom. The highest BCUT2D eigenvalue weighted by molar-refractivity contribution is 5.81. The van der Waals surface area contributed by atoms with E-state index in [1.807, 2.05) is 24.3 Å². The van der Waals surface area contributed by atoms with E-state index in [0.29, 0.717) is 26.0 Å². The molecule has 1 aliphatic rings. The van der Waals surface area contributed by atoms with Gasteiger partial charge in [0.25, 0.3) is 5.91 Å². The Hall–Kier alpha value is -2.08. The predicted octanol–water partition coefficient (Wildman–Crippen LogP) is 1.92. The van der Waals surface area contributed by atoms with Crippen molar-refractivity contribution in [2.45, 2.75) is 32.5 Å². The number of benzene rings is 1. The number of aliphatic carboxylic acids is 1. The van der Waals surface area contributed by atoms with Crippen LogP contribution in [0, 0.1) is 5.92 Å². The van der Waals surface area contributed by atoms with E-state index in [9.17, 15) is 9.59 Å². The lowest BCUT2D eigenvalue weighted by Gasteiger charge is -2.32. The molecule has 0 unspecified atom stereocenters. The van der Waals surface area contributed by atoms with Gasteiger partial charge in [-0.15, -0.1) is 0 Å². The molecule has 6 heteroatoms. The lowest BCUT2D eigenvalue weighted by molar-refractivity contribution is -0.150. The van der Waals surface area contributed by atoms with Crippen LogP contribution >= 0.6 is 0 Å². The number of hydrogen-bond acceptors (Lipinski definition) is 4. The fourth-order valence-corrected chi connectivity index (χ4v) is 2.69. The number of rotatable bonds is 6. The number of piperidine rings is 1. The maximum Gasteiger partial charge on any atom is 0.308 e. The molecule has 23 heavy (non-hydrogen) atoms. The number of carbonyl (C=O) groups excluding carboxylic acids is 1. The zero-order chi connectivity index (χ0) is 16.8. The molecule has 1 aromatic carbocycles. The second-order valence-corrected chi connectivity index (χ2v) is 5.77. The minimum absolute atomic E-state index is 0.154. The number of carboxylic acids is 1. The fourth-order valence-electron chi connectivity index (χ4n) is 2.69. The van der Waals surface area contributed by atoms with Gasteiger partial charge in [-0.05, 0) is 37.5 Å². The molecule has 1 aliphatic heterocycles. The summed E-state index contributed by atoms with van der Waals surface area (Å²) in [5.74, 6) is -0.727. The Balaban J connectivity index is 1.88. The van der Waals surface area contributed by atoms with Crippen molar-refractivity contribution in [3.8, 4) is 5.75 Å². The van der Waals surface area contributed by atoms with Crippen LogP contribution in [-0.4, -0.2) is 48.2 Å². The molecular formula is C17H23NO5. The number of carboxylic acid groups (broad SMARTS) is 1. The van der Waals surface area contributed by atoms with Crippen molar-refractivity contribution in [2.24, 2.45) is 5.92 Å². The van der Waals surface area contributed by atoms with Crippen molar-refractivity contribution in [1.29, 1.82) is 0 Å². The minimum atomic E-state index is -0.840. The van der Waals surface area contributed by atoms with Crippen molar-refractivity contribution in [1.82, 2.24) is 4.90 Å². The standard InChI is InChI=1S/C17H23NO5/c1-12(23-11-13-5-3-7-15(9-13)22-2)16(19)18-8-4-6-14(10-18)17(20)21/h3,5,7,9,12,14H,4,6,8,10-11H2,1-2H3,(H,20,21)/t12-,14+/m1/s1. The number of likely N-dealkylation sites (tertiary alicyclic amines) is 1. The molecule has 1 fully saturated rings. The molecule has 0 radical (unpaired) electrons. The van der Waals surface area contributed by atoms with E-state index in [2.05, 4.69) is 0 Å². The van der Waals surface area contributed by atoms with E-state index in [4.69, 9.17) is 14.6 Å². The van der Waals surface area contributed by atoms with Crippen molar-refractivity contribution < 1.29 is 24.2 Å². The lowest BCUT2D eigenvalue weighted by atomic mass is 9.98. The fraction of sp³-hybridized carbons (Fsp3) is 0.529. The van der Waals surface area contributed by atoms with Crippen molar-refractivity contribution in [3.63, 3.8) is 0 Å². The van der Waals surface area contributed by atoms with Crippen LogP contribution in [0.4, 0.5) is 0 Å². The van der Waals surface area contributed by atoms with Gasteiger partial charge in [-0.25, -0.2) is 0 Å². The third kappa shape index (κ3) is 4.69. The summed E-state index contributed by atoms with van der Waals surface area (Å²) in [7, 11) is 1.60. The van der Waals surface area contributed by atoms with Crippen molar-refractivity contribution >= 4 is 11.9 Å². The van der Waals surface area contributed by atoms with Crippen LogP contribution < -0.4 is 4.74 Å². The Morgan fingerprint density at radius 1 is 1.43 bits per heavy atom. The van der Waals surface area contributed by atoms with Gasteiger partial charge in [0, 0.05) is 13.1 Å². The Kier molecular flexibility index (Phi) is 5.98. The molecule has 0 bridgehead atoms. The van der Waals surface area contributed by atoms with Gasteiger partial charge in [-0.3, -0.25) is 9.59 Å². The van der Waals surface area contributed by atoms with Gasteiger partial charge >= 0.3 is 5.97 Å². The Morgan fingerprint density at radius 3 is 2.91 bits per heavy atom. The lowest BCUT2D eigenvalue weighted by Crippen LogP contribution is -2.46. The number of nitrogens with zero attached hydrogens (tertiary/aromatic N) is 1. The van der Waals surface area contributed by atoms with Crippen LogP contribution in [-0.2, 0) is 20.9 Å². The van der Waals surface area contributed by atoms with Crippen LogP contribution in [0.1, 0.15) is 25.3 Å². The van der Waals surface area contributed by atoms with Crippen LogP contribution in [0.2, 0.25) is 0 Å².